The molecule has 0 saturated carbocycles. The molecule has 1 unspecified atom stereocenters. The van der Waals surface area contributed by atoms with Crippen LogP contribution in [0.3, 0.4) is 0 Å². The molecule has 0 bridgehead atoms. The van der Waals surface area contributed by atoms with E-state index in [0.717, 1.165) is 6.26 Å². The summed E-state index contributed by atoms with van der Waals surface area (Å²) in [6, 6.07) is 0.00202. The van der Waals surface area contributed by atoms with Gasteiger partial charge in [-0.2, -0.15) is 0 Å². The van der Waals surface area contributed by atoms with Gasteiger partial charge < -0.3 is 5.73 Å². The molecule has 0 aliphatic heterocycles. The average Bonchev–Trinajstić information content (AvgIpc) is 1.95. The first kappa shape index (κ1) is 12.6. The van der Waals surface area contributed by atoms with Crippen LogP contribution in [0, 0.1) is 0 Å². The fraction of sp³-hybridized carbons (Fsp3) is 0.875. The van der Waals surface area contributed by atoms with Crippen LogP contribution < -0.4 is 5.73 Å². The van der Waals surface area contributed by atoms with Crippen LogP contribution in [0.25, 0.3) is 0 Å². The van der Waals surface area contributed by atoms with Crippen molar-refractivity contribution in [2.75, 3.05) is 12.0 Å². The highest BCUT2D eigenvalue weighted by molar-refractivity contribution is 7.90. The minimum absolute atomic E-state index is 0.00202. The van der Waals surface area contributed by atoms with Gasteiger partial charge in [-0.15, -0.1) is 0 Å². The maximum absolute atomic E-state index is 11.1. The first-order valence-corrected chi connectivity index (χ1v) is 6.32. The molecule has 0 aromatic rings. The summed E-state index contributed by atoms with van der Waals surface area (Å²) >= 11 is 0. The molecule has 0 saturated heterocycles. The van der Waals surface area contributed by atoms with E-state index in [0.29, 0.717) is 12.8 Å². The van der Waals surface area contributed by atoms with Crippen LogP contribution in [0.1, 0.15) is 26.2 Å². The lowest BCUT2D eigenvalue weighted by Gasteiger charge is -2.03. The van der Waals surface area contributed by atoms with Gasteiger partial charge in [0.25, 0.3) is 0 Å². The van der Waals surface area contributed by atoms with Crippen LogP contribution in [0.5, 0.6) is 0 Å². The maximum Gasteiger partial charge on any atom is 0.147 e. The van der Waals surface area contributed by atoms with Crippen molar-refractivity contribution >= 4 is 15.6 Å². The third-order valence-corrected chi connectivity index (χ3v) is 2.58. The second-order valence-corrected chi connectivity index (χ2v) is 5.69. The number of Topliss-reactive ketones (excluding diaryl/α,β-unsaturated/α-hetero) is 1. The van der Waals surface area contributed by atoms with Crippen LogP contribution in [-0.4, -0.2) is 32.3 Å². The van der Waals surface area contributed by atoms with Crippen molar-refractivity contribution in [3.8, 4) is 0 Å². The van der Waals surface area contributed by atoms with Crippen molar-refractivity contribution in [3.05, 3.63) is 0 Å². The van der Waals surface area contributed by atoms with Gasteiger partial charge in [0.05, 0.1) is 5.75 Å². The van der Waals surface area contributed by atoms with Gasteiger partial charge in [0.1, 0.15) is 15.6 Å². The van der Waals surface area contributed by atoms with E-state index in [4.69, 9.17) is 5.73 Å². The van der Waals surface area contributed by atoms with E-state index in [-0.39, 0.29) is 24.0 Å². The quantitative estimate of drug-likeness (QED) is 0.671. The number of rotatable bonds is 6. The summed E-state index contributed by atoms with van der Waals surface area (Å²) < 4.78 is 21.4. The fourth-order valence-corrected chi connectivity index (χ4v) is 1.41. The molecule has 0 rings (SSSR count). The first-order valence-electron chi connectivity index (χ1n) is 4.26. The average molecular weight is 207 g/mol. The molecule has 5 heteroatoms. The molecule has 13 heavy (non-hydrogen) atoms. The summed E-state index contributed by atoms with van der Waals surface area (Å²) in [6.07, 6.45) is 2.26. The van der Waals surface area contributed by atoms with Gasteiger partial charge >= 0.3 is 0 Å². The molecule has 0 spiro atoms. The molecule has 1 atom stereocenters. The molecular formula is C8H17NO3S. The highest BCUT2D eigenvalue weighted by Gasteiger charge is 2.08. The molecule has 0 amide bonds. The molecule has 2 N–H and O–H groups in total. The van der Waals surface area contributed by atoms with E-state index < -0.39 is 9.84 Å². The van der Waals surface area contributed by atoms with E-state index >= 15 is 0 Å². The van der Waals surface area contributed by atoms with E-state index in [2.05, 4.69) is 0 Å². The van der Waals surface area contributed by atoms with E-state index in [9.17, 15) is 13.2 Å². The first-order chi connectivity index (χ1) is 5.81. The molecule has 78 valence electrons. The number of sulfone groups is 1. The molecule has 0 aliphatic carbocycles. The summed E-state index contributed by atoms with van der Waals surface area (Å²) in [4.78, 5) is 11.1. The highest BCUT2D eigenvalue weighted by atomic mass is 32.2. The molecule has 4 nitrogen and oxygen atoms in total. The second kappa shape index (κ2) is 5.34. The van der Waals surface area contributed by atoms with Gasteiger partial charge in [0, 0.05) is 25.1 Å². The van der Waals surface area contributed by atoms with Crippen molar-refractivity contribution in [2.24, 2.45) is 5.73 Å². The normalized spacial score (nSPS) is 14.1. The molecule has 0 radical (unpaired) electrons. The van der Waals surface area contributed by atoms with Crippen molar-refractivity contribution in [2.45, 2.75) is 32.2 Å². The minimum atomic E-state index is -3.01. The van der Waals surface area contributed by atoms with Crippen LogP contribution in [-0.2, 0) is 14.6 Å². The molecule has 0 aromatic carbocycles. The Hall–Kier alpha value is -0.420. The Labute approximate surface area is 79.4 Å². The fourth-order valence-electron chi connectivity index (χ4n) is 0.813. The Balaban J connectivity index is 3.65. The lowest BCUT2D eigenvalue weighted by Crippen LogP contribution is -2.17. The number of nitrogens with two attached hydrogens (primary N) is 1. The lowest BCUT2D eigenvalue weighted by atomic mass is 10.1. The zero-order chi connectivity index (χ0) is 10.5. The standard InChI is InChI=1S/C8H17NO3S/c1-7(9)3-4-8(10)5-6-13(2,11)12/h7H,3-6,9H2,1-2H3. The van der Waals surface area contributed by atoms with Gasteiger partial charge in [-0.25, -0.2) is 8.42 Å². The van der Waals surface area contributed by atoms with Crippen molar-refractivity contribution < 1.29 is 13.2 Å². The van der Waals surface area contributed by atoms with Gasteiger partial charge in [-0.05, 0) is 13.3 Å². The third kappa shape index (κ3) is 9.49. The topological polar surface area (TPSA) is 77.2 Å². The van der Waals surface area contributed by atoms with Crippen molar-refractivity contribution in [1.29, 1.82) is 0 Å². The minimum Gasteiger partial charge on any atom is -0.328 e. The maximum atomic E-state index is 11.1. The van der Waals surface area contributed by atoms with E-state index in [1.165, 1.54) is 0 Å². The van der Waals surface area contributed by atoms with Gasteiger partial charge in [-0.1, -0.05) is 0 Å². The monoisotopic (exact) mass is 207 g/mol. The number of hydrogen-bond acceptors (Lipinski definition) is 4. The summed E-state index contributed by atoms with van der Waals surface area (Å²) in [7, 11) is -3.01. The van der Waals surface area contributed by atoms with Crippen LogP contribution >= 0.6 is 0 Å². The third-order valence-electron chi connectivity index (χ3n) is 1.63. The number of carbonyl (C=O) groups excluding carboxylic acids is 1. The molecule has 0 aromatic heterocycles. The predicted octanol–water partition coefficient (Wildman–Crippen LogP) is 0.118. The number of ketones is 1. The smallest absolute Gasteiger partial charge is 0.147 e. The van der Waals surface area contributed by atoms with Gasteiger partial charge in [0.15, 0.2) is 0 Å². The summed E-state index contributed by atoms with van der Waals surface area (Å²) in [5.41, 5.74) is 5.45. The van der Waals surface area contributed by atoms with E-state index in [1.807, 2.05) is 6.92 Å². The SMILES string of the molecule is CC(N)CCC(=O)CCS(C)(=O)=O. The van der Waals surface area contributed by atoms with Crippen LogP contribution in [0.2, 0.25) is 0 Å². The Bertz CT molecular complexity index is 257. The highest BCUT2D eigenvalue weighted by Crippen LogP contribution is 1.99. The predicted molar refractivity (Wildman–Crippen MR) is 52.2 cm³/mol. The van der Waals surface area contributed by atoms with E-state index in [1.54, 1.807) is 0 Å². The Kier molecular flexibility index (Phi) is 5.17. The zero-order valence-electron chi connectivity index (χ0n) is 8.12. The summed E-state index contributed by atoms with van der Waals surface area (Å²) in [5, 5.41) is 0. The zero-order valence-corrected chi connectivity index (χ0v) is 8.93. The lowest BCUT2D eigenvalue weighted by molar-refractivity contribution is -0.118. The van der Waals surface area contributed by atoms with Crippen LogP contribution in [0.15, 0.2) is 0 Å². The summed E-state index contributed by atoms with van der Waals surface area (Å²) in [5.74, 6) is -0.0761. The number of carbonyl (C=O) groups is 1. The second-order valence-electron chi connectivity index (χ2n) is 3.43. The molecular weight excluding hydrogens is 190 g/mol. The van der Waals surface area contributed by atoms with Gasteiger partial charge in [0.2, 0.25) is 0 Å². The van der Waals surface area contributed by atoms with Crippen molar-refractivity contribution in [1.82, 2.24) is 0 Å². The largest absolute Gasteiger partial charge is 0.328 e. The van der Waals surface area contributed by atoms with Crippen molar-refractivity contribution in [3.63, 3.8) is 0 Å². The van der Waals surface area contributed by atoms with Crippen LogP contribution in [0.4, 0.5) is 0 Å². The molecule has 0 fully saturated rings. The Morgan fingerprint density at radius 1 is 1.38 bits per heavy atom. The van der Waals surface area contributed by atoms with Gasteiger partial charge in [-0.3, -0.25) is 4.79 Å². The number of hydrogen-bond donors (Lipinski definition) is 1. The molecule has 0 aliphatic rings. The Morgan fingerprint density at radius 3 is 2.31 bits per heavy atom. The Morgan fingerprint density at radius 2 is 1.92 bits per heavy atom. The summed E-state index contributed by atoms with van der Waals surface area (Å²) in [6.45, 7) is 1.82. The molecule has 0 heterocycles.